The zero-order valence-corrected chi connectivity index (χ0v) is 10.7. The molecule has 3 heterocycles. The summed E-state index contributed by atoms with van der Waals surface area (Å²) >= 11 is 0. The summed E-state index contributed by atoms with van der Waals surface area (Å²) in [5, 5.41) is 3.16. The van der Waals surface area contributed by atoms with Crippen LogP contribution in [0.5, 0.6) is 0 Å². The fourth-order valence-corrected chi connectivity index (χ4v) is 2.17. The van der Waals surface area contributed by atoms with Crippen molar-refractivity contribution in [2.24, 2.45) is 0 Å². The molecule has 0 unspecified atom stereocenters. The van der Waals surface area contributed by atoms with E-state index in [9.17, 15) is 4.79 Å². The van der Waals surface area contributed by atoms with E-state index in [-0.39, 0.29) is 0 Å². The van der Waals surface area contributed by atoms with Crippen molar-refractivity contribution in [3.63, 3.8) is 0 Å². The van der Waals surface area contributed by atoms with E-state index in [0.717, 1.165) is 22.6 Å². The standard InChI is InChI=1S/C13H13N3O3/c1-7-8(3-4-19-7)12-15-10-6-14-5-9(10)11(16-12)13(17)18-2/h3-4,14H,5-6H2,1-2H3. The van der Waals surface area contributed by atoms with E-state index in [4.69, 9.17) is 9.15 Å². The minimum atomic E-state index is -0.440. The SMILES string of the molecule is COC(=O)c1nc(-c2ccoc2C)nc2c1CNC2. The second kappa shape index (κ2) is 4.47. The number of ether oxygens (including phenoxy) is 1. The number of rotatable bonds is 2. The summed E-state index contributed by atoms with van der Waals surface area (Å²) in [6.45, 7) is 3.05. The van der Waals surface area contributed by atoms with E-state index in [1.165, 1.54) is 7.11 Å². The number of aromatic nitrogens is 2. The number of carbonyl (C=O) groups is 1. The van der Waals surface area contributed by atoms with Crippen molar-refractivity contribution in [2.45, 2.75) is 20.0 Å². The highest BCUT2D eigenvalue weighted by Gasteiger charge is 2.24. The predicted octanol–water partition coefficient (Wildman–Crippen LogP) is 1.43. The Hall–Kier alpha value is -2.21. The van der Waals surface area contributed by atoms with Gasteiger partial charge in [-0.25, -0.2) is 14.8 Å². The van der Waals surface area contributed by atoms with Gasteiger partial charge in [0.15, 0.2) is 11.5 Å². The zero-order valence-electron chi connectivity index (χ0n) is 10.7. The first-order valence-corrected chi connectivity index (χ1v) is 5.94. The van der Waals surface area contributed by atoms with E-state index in [2.05, 4.69) is 15.3 Å². The Bertz CT molecular complexity index is 649. The van der Waals surface area contributed by atoms with Gasteiger partial charge in [-0.2, -0.15) is 0 Å². The Labute approximate surface area is 109 Å². The highest BCUT2D eigenvalue weighted by atomic mass is 16.5. The minimum absolute atomic E-state index is 0.327. The lowest BCUT2D eigenvalue weighted by atomic mass is 10.1. The average Bonchev–Trinajstić information content (AvgIpc) is 3.04. The molecule has 0 spiro atoms. The molecule has 0 atom stereocenters. The summed E-state index contributed by atoms with van der Waals surface area (Å²) in [6, 6.07) is 1.79. The molecule has 1 N–H and O–H groups in total. The Morgan fingerprint density at radius 2 is 2.26 bits per heavy atom. The van der Waals surface area contributed by atoms with Gasteiger partial charge in [-0.3, -0.25) is 0 Å². The number of hydrogen-bond donors (Lipinski definition) is 1. The number of nitrogens with one attached hydrogen (secondary N) is 1. The third kappa shape index (κ3) is 1.90. The number of hydrogen-bond acceptors (Lipinski definition) is 6. The van der Waals surface area contributed by atoms with Gasteiger partial charge in [0, 0.05) is 18.7 Å². The molecule has 0 aliphatic carbocycles. The van der Waals surface area contributed by atoms with Gasteiger partial charge in [0.05, 0.1) is 24.6 Å². The molecule has 0 radical (unpaired) electrons. The van der Waals surface area contributed by atoms with Crippen molar-refractivity contribution in [1.29, 1.82) is 0 Å². The van der Waals surface area contributed by atoms with Crippen molar-refractivity contribution in [2.75, 3.05) is 7.11 Å². The van der Waals surface area contributed by atoms with E-state index >= 15 is 0 Å². The highest BCUT2D eigenvalue weighted by Crippen LogP contribution is 2.25. The number of methoxy groups -OCH3 is 1. The van der Waals surface area contributed by atoms with Gasteiger partial charge >= 0.3 is 5.97 Å². The summed E-state index contributed by atoms with van der Waals surface area (Å²) in [5.74, 6) is 0.778. The fraction of sp³-hybridized carbons (Fsp3) is 0.308. The molecular weight excluding hydrogens is 246 g/mol. The topological polar surface area (TPSA) is 77.2 Å². The molecule has 3 rings (SSSR count). The number of nitrogens with zero attached hydrogens (tertiary/aromatic N) is 2. The molecule has 98 valence electrons. The lowest BCUT2D eigenvalue weighted by molar-refractivity contribution is 0.0592. The van der Waals surface area contributed by atoms with Crippen LogP contribution in [0.1, 0.15) is 27.5 Å². The molecule has 0 fully saturated rings. The van der Waals surface area contributed by atoms with Crippen molar-refractivity contribution in [3.05, 3.63) is 35.0 Å². The Morgan fingerprint density at radius 3 is 2.95 bits per heavy atom. The van der Waals surface area contributed by atoms with Crippen LogP contribution in [0.15, 0.2) is 16.7 Å². The molecule has 0 saturated carbocycles. The van der Waals surface area contributed by atoms with Crippen molar-refractivity contribution in [3.8, 4) is 11.4 Å². The molecule has 1 aliphatic heterocycles. The first-order chi connectivity index (χ1) is 9.20. The van der Waals surface area contributed by atoms with Crippen LogP contribution in [-0.4, -0.2) is 23.0 Å². The van der Waals surface area contributed by atoms with E-state index < -0.39 is 5.97 Å². The van der Waals surface area contributed by atoms with Crippen LogP contribution in [0.25, 0.3) is 11.4 Å². The Morgan fingerprint density at radius 1 is 1.42 bits per heavy atom. The van der Waals surface area contributed by atoms with Crippen molar-refractivity contribution >= 4 is 5.97 Å². The molecule has 0 amide bonds. The molecule has 6 nitrogen and oxygen atoms in total. The molecule has 2 aromatic rings. The normalized spacial score (nSPS) is 13.4. The highest BCUT2D eigenvalue weighted by molar-refractivity contribution is 5.89. The number of carbonyl (C=O) groups excluding carboxylic acids is 1. The molecule has 0 bridgehead atoms. The van der Waals surface area contributed by atoms with E-state index in [1.54, 1.807) is 12.3 Å². The maximum atomic E-state index is 11.8. The van der Waals surface area contributed by atoms with Gasteiger partial charge in [-0.15, -0.1) is 0 Å². The lowest BCUT2D eigenvalue weighted by Crippen LogP contribution is -2.11. The maximum Gasteiger partial charge on any atom is 0.357 e. The van der Waals surface area contributed by atoms with Crippen LogP contribution in [0.2, 0.25) is 0 Å². The quantitative estimate of drug-likeness (QED) is 0.822. The smallest absolute Gasteiger partial charge is 0.357 e. The predicted molar refractivity (Wildman–Crippen MR) is 66.4 cm³/mol. The third-order valence-corrected chi connectivity index (χ3v) is 3.17. The molecule has 1 aliphatic rings. The van der Waals surface area contributed by atoms with Gasteiger partial charge in [0.2, 0.25) is 0 Å². The van der Waals surface area contributed by atoms with Gasteiger partial charge in [0.1, 0.15) is 5.76 Å². The monoisotopic (exact) mass is 259 g/mol. The van der Waals surface area contributed by atoms with Crippen LogP contribution >= 0.6 is 0 Å². The number of aryl methyl sites for hydroxylation is 1. The average molecular weight is 259 g/mol. The van der Waals surface area contributed by atoms with Crippen LogP contribution in [0, 0.1) is 6.92 Å². The lowest BCUT2D eigenvalue weighted by Gasteiger charge is -2.07. The second-order valence-electron chi connectivity index (χ2n) is 4.31. The van der Waals surface area contributed by atoms with Gasteiger partial charge < -0.3 is 14.5 Å². The Kier molecular flexibility index (Phi) is 2.79. The summed E-state index contributed by atoms with van der Waals surface area (Å²) in [5.41, 5.74) is 2.77. The first kappa shape index (κ1) is 11.9. The number of esters is 1. The fourth-order valence-electron chi connectivity index (χ4n) is 2.17. The zero-order chi connectivity index (χ0) is 13.4. The largest absolute Gasteiger partial charge is 0.469 e. The summed E-state index contributed by atoms with van der Waals surface area (Å²) in [4.78, 5) is 20.6. The van der Waals surface area contributed by atoms with Gasteiger partial charge in [-0.05, 0) is 13.0 Å². The number of fused-ring (bicyclic) bond motifs is 1. The molecular formula is C13H13N3O3. The summed E-state index contributed by atoms with van der Waals surface area (Å²) < 4.78 is 10.0. The molecule has 2 aromatic heterocycles. The third-order valence-electron chi connectivity index (χ3n) is 3.17. The summed E-state index contributed by atoms with van der Waals surface area (Å²) in [7, 11) is 1.35. The number of furan rings is 1. The van der Waals surface area contributed by atoms with E-state index in [1.807, 2.05) is 6.92 Å². The summed E-state index contributed by atoms with van der Waals surface area (Å²) in [6.07, 6.45) is 1.58. The molecule has 0 saturated heterocycles. The Balaban J connectivity index is 2.18. The first-order valence-electron chi connectivity index (χ1n) is 5.94. The minimum Gasteiger partial charge on any atom is -0.469 e. The molecule has 0 aromatic carbocycles. The molecule has 19 heavy (non-hydrogen) atoms. The van der Waals surface area contributed by atoms with Crippen LogP contribution in [0.3, 0.4) is 0 Å². The van der Waals surface area contributed by atoms with Gasteiger partial charge in [-0.1, -0.05) is 0 Å². The van der Waals surface area contributed by atoms with Gasteiger partial charge in [0.25, 0.3) is 0 Å². The second-order valence-corrected chi connectivity index (χ2v) is 4.31. The molecule has 6 heteroatoms. The van der Waals surface area contributed by atoms with Crippen molar-refractivity contribution < 1.29 is 13.9 Å². The van der Waals surface area contributed by atoms with Crippen LogP contribution in [-0.2, 0) is 17.8 Å². The van der Waals surface area contributed by atoms with E-state index in [0.29, 0.717) is 24.6 Å². The maximum absolute atomic E-state index is 11.8. The van der Waals surface area contributed by atoms with Crippen molar-refractivity contribution in [1.82, 2.24) is 15.3 Å². The van der Waals surface area contributed by atoms with Crippen LogP contribution < -0.4 is 5.32 Å². The van der Waals surface area contributed by atoms with Crippen LogP contribution in [0.4, 0.5) is 0 Å².